The second-order valence-electron chi connectivity index (χ2n) is 9.47. The zero-order valence-electron chi connectivity index (χ0n) is 20.4. The van der Waals surface area contributed by atoms with Crippen LogP contribution in [0.1, 0.15) is 40.1 Å². The molecule has 0 bridgehead atoms. The molecule has 6 rings (SSSR count). The number of nitrogens with zero attached hydrogens (tertiary/aromatic N) is 4. The Kier molecular flexibility index (Phi) is 5.80. The average Bonchev–Trinajstić information content (AvgIpc) is 3.19. The van der Waals surface area contributed by atoms with E-state index in [1.807, 2.05) is 30.3 Å². The van der Waals surface area contributed by atoms with Crippen LogP contribution in [0.5, 0.6) is 5.88 Å². The van der Waals surface area contributed by atoms with Crippen molar-refractivity contribution in [3.05, 3.63) is 57.8 Å². The topological polar surface area (TPSA) is 88.8 Å². The maximum Gasteiger partial charge on any atom is 0.414 e. The number of benzene rings is 1. The van der Waals surface area contributed by atoms with Crippen molar-refractivity contribution in [1.82, 2.24) is 24.6 Å². The zero-order valence-corrected chi connectivity index (χ0v) is 22.0. The van der Waals surface area contributed by atoms with Gasteiger partial charge in [0.05, 0.1) is 15.9 Å². The van der Waals surface area contributed by atoms with Gasteiger partial charge in [-0.05, 0) is 49.7 Å². The van der Waals surface area contributed by atoms with Gasteiger partial charge < -0.3 is 15.0 Å². The monoisotopic (exact) mass is 521 g/mol. The van der Waals surface area contributed by atoms with E-state index in [2.05, 4.69) is 46.5 Å². The highest BCUT2D eigenvalue weighted by Crippen LogP contribution is 2.50. The number of nitrogens with one attached hydrogen (secondary N) is 1. The summed E-state index contributed by atoms with van der Waals surface area (Å²) < 4.78 is 7.35. The predicted molar refractivity (Wildman–Crippen MR) is 140 cm³/mol. The fourth-order valence-electron chi connectivity index (χ4n) is 5.17. The number of carbonyl (C=O) groups excluding carboxylic acids is 2. The summed E-state index contributed by atoms with van der Waals surface area (Å²) >= 11 is 3.03. The number of piperidine rings is 1. The first kappa shape index (κ1) is 23.2. The van der Waals surface area contributed by atoms with Gasteiger partial charge in [0.15, 0.2) is 4.96 Å². The Morgan fingerprint density at radius 1 is 1.19 bits per heavy atom. The Hall–Kier alpha value is -3.24. The van der Waals surface area contributed by atoms with Crippen molar-refractivity contribution < 1.29 is 14.3 Å². The molecule has 1 aliphatic carbocycles. The second-order valence-corrected chi connectivity index (χ2v) is 11.6. The molecule has 2 fully saturated rings. The Balaban J connectivity index is 1.17. The number of hydrogen-bond donors (Lipinski definition) is 1. The highest BCUT2D eigenvalue weighted by molar-refractivity contribution is 7.15. The summed E-state index contributed by atoms with van der Waals surface area (Å²) in [6.07, 6.45) is 3.35. The van der Waals surface area contributed by atoms with Crippen LogP contribution in [0.15, 0.2) is 35.8 Å². The largest absolute Gasteiger partial charge is 0.414 e. The first-order valence-corrected chi connectivity index (χ1v) is 13.9. The van der Waals surface area contributed by atoms with Gasteiger partial charge in [0.2, 0.25) is 5.88 Å². The molecule has 1 saturated carbocycles. The number of likely N-dealkylation sites (tertiary alicyclic amines) is 1. The normalized spacial score (nSPS) is 20.5. The van der Waals surface area contributed by atoms with Crippen molar-refractivity contribution in [2.45, 2.75) is 39.7 Å². The quantitative estimate of drug-likeness (QED) is 0.388. The first-order valence-electron chi connectivity index (χ1n) is 12.2. The highest BCUT2D eigenvalue weighted by Gasteiger charge is 2.54. The first-order chi connectivity index (χ1) is 17.4. The number of fused-ring (bicyclic) bond motifs is 2. The molecule has 0 radical (unpaired) electrons. The number of imidazole rings is 1. The van der Waals surface area contributed by atoms with E-state index >= 15 is 0 Å². The fraction of sp³-hybridized carbons (Fsp3) is 0.385. The zero-order chi connectivity index (χ0) is 25.0. The molecule has 1 aromatic carbocycles. The summed E-state index contributed by atoms with van der Waals surface area (Å²) in [5, 5.41) is 5.66. The van der Waals surface area contributed by atoms with Crippen LogP contribution >= 0.6 is 22.7 Å². The molecular formula is C26H27N5O3S2. The van der Waals surface area contributed by atoms with Gasteiger partial charge in [0.1, 0.15) is 11.4 Å². The molecule has 4 aromatic rings. The van der Waals surface area contributed by atoms with Crippen LogP contribution in [-0.4, -0.2) is 50.4 Å². The highest BCUT2D eigenvalue weighted by atomic mass is 32.1. The molecule has 3 atom stereocenters. The van der Waals surface area contributed by atoms with Gasteiger partial charge in [-0.2, -0.15) is 0 Å². The summed E-state index contributed by atoms with van der Waals surface area (Å²) in [5.74, 6) is 1.25. The summed E-state index contributed by atoms with van der Waals surface area (Å²) in [5.41, 5.74) is 3.44. The molecule has 3 aromatic heterocycles. The van der Waals surface area contributed by atoms with Crippen LogP contribution < -0.4 is 10.1 Å². The molecule has 0 unspecified atom stereocenters. The van der Waals surface area contributed by atoms with E-state index in [9.17, 15) is 9.59 Å². The van der Waals surface area contributed by atoms with Crippen molar-refractivity contribution in [3.8, 4) is 16.3 Å². The second kappa shape index (κ2) is 9.01. The Morgan fingerprint density at radius 2 is 2.00 bits per heavy atom. The van der Waals surface area contributed by atoms with Gasteiger partial charge in [0.25, 0.3) is 5.91 Å². The van der Waals surface area contributed by atoms with Gasteiger partial charge in [-0.15, -0.1) is 22.7 Å². The third-order valence-electron chi connectivity index (χ3n) is 7.15. The Labute approximate surface area is 216 Å². The van der Waals surface area contributed by atoms with Gasteiger partial charge in [-0.25, -0.2) is 14.8 Å². The van der Waals surface area contributed by atoms with Crippen LogP contribution in [0.25, 0.3) is 15.4 Å². The number of carbonyl (C=O) groups is 2. The van der Waals surface area contributed by atoms with E-state index in [4.69, 9.17) is 4.74 Å². The summed E-state index contributed by atoms with van der Waals surface area (Å²) in [4.78, 5) is 39.0. The van der Waals surface area contributed by atoms with Gasteiger partial charge in [-0.1, -0.05) is 31.2 Å². The lowest BCUT2D eigenvalue weighted by molar-refractivity contribution is 0.0700. The lowest BCUT2D eigenvalue weighted by Gasteiger charge is -2.27. The smallest absolute Gasteiger partial charge is 0.391 e. The molecule has 186 valence electrons. The van der Waals surface area contributed by atoms with Crippen molar-refractivity contribution in [1.29, 1.82) is 0 Å². The summed E-state index contributed by atoms with van der Waals surface area (Å²) in [7, 11) is 0. The minimum Gasteiger partial charge on any atom is -0.391 e. The minimum absolute atomic E-state index is 0.0621. The van der Waals surface area contributed by atoms with Gasteiger partial charge in [-0.3, -0.25) is 9.20 Å². The standard InChI is InChI=1S/C26H27N5O3S2/c1-4-16-5-7-17(8-6-16)22-21(29-15(3)36-22)23(32)31-13-18-11-19(18)20(31)12-27-26(33)34-24-14(2)28-25-30(24)9-10-35-25/h5-10,18-20H,4,11-13H2,1-3H3,(H,27,33)/t18-,19-,20+/m0/s1. The number of amides is 2. The molecule has 1 N–H and O–H groups in total. The molecule has 8 nitrogen and oxygen atoms in total. The summed E-state index contributed by atoms with van der Waals surface area (Å²) in [6, 6.07) is 8.28. The van der Waals surface area contributed by atoms with E-state index in [1.165, 1.54) is 16.9 Å². The number of rotatable bonds is 6. The molecule has 36 heavy (non-hydrogen) atoms. The van der Waals surface area contributed by atoms with Crippen molar-refractivity contribution in [2.75, 3.05) is 13.1 Å². The molecule has 2 amide bonds. The molecule has 10 heteroatoms. The van der Waals surface area contributed by atoms with Crippen molar-refractivity contribution in [2.24, 2.45) is 11.8 Å². The van der Waals surface area contributed by atoms with Crippen LogP contribution in [0.3, 0.4) is 0 Å². The average molecular weight is 522 g/mol. The Bertz CT molecular complexity index is 1450. The molecular weight excluding hydrogens is 494 g/mol. The van der Waals surface area contributed by atoms with Crippen LogP contribution in [0.4, 0.5) is 4.79 Å². The van der Waals surface area contributed by atoms with Gasteiger partial charge >= 0.3 is 6.09 Å². The van der Waals surface area contributed by atoms with E-state index in [-0.39, 0.29) is 11.9 Å². The third kappa shape index (κ3) is 4.08. The maximum absolute atomic E-state index is 13.7. The molecule has 0 spiro atoms. The molecule has 4 heterocycles. The lowest BCUT2D eigenvalue weighted by Crippen LogP contribution is -2.46. The van der Waals surface area contributed by atoms with Crippen LogP contribution in [-0.2, 0) is 6.42 Å². The summed E-state index contributed by atoms with van der Waals surface area (Å²) in [6.45, 7) is 6.93. The molecule has 1 saturated heterocycles. The SMILES string of the molecule is CCc1ccc(-c2sc(C)nc2C(=O)N2C[C@@H]3C[C@@H]3[C@H]2CNC(=O)Oc2c(C)nc3sccn23)cc1. The van der Waals surface area contributed by atoms with Crippen molar-refractivity contribution >= 4 is 39.6 Å². The van der Waals surface area contributed by atoms with E-state index in [1.54, 1.807) is 15.7 Å². The predicted octanol–water partition coefficient (Wildman–Crippen LogP) is 4.95. The van der Waals surface area contributed by atoms with Crippen LogP contribution in [0.2, 0.25) is 0 Å². The maximum atomic E-state index is 13.7. The minimum atomic E-state index is -0.538. The number of aryl methyl sites for hydroxylation is 3. The Morgan fingerprint density at radius 3 is 2.78 bits per heavy atom. The van der Waals surface area contributed by atoms with E-state index < -0.39 is 6.09 Å². The third-order valence-corrected chi connectivity index (χ3v) is 8.93. The van der Waals surface area contributed by atoms with Crippen molar-refractivity contribution in [3.63, 3.8) is 0 Å². The number of ether oxygens (including phenoxy) is 1. The molecule has 2 aliphatic rings. The number of aromatic nitrogens is 3. The van der Waals surface area contributed by atoms with E-state index in [0.717, 1.165) is 33.3 Å². The van der Waals surface area contributed by atoms with Crippen LogP contribution in [0, 0.1) is 25.7 Å². The number of hydrogen-bond acceptors (Lipinski definition) is 7. The fourth-order valence-corrected chi connectivity index (χ4v) is 6.84. The number of thiazole rings is 2. The van der Waals surface area contributed by atoms with E-state index in [0.29, 0.717) is 42.2 Å². The molecule has 1 aliphatic heterocycles. The lowest BCUT2D eigenvalue weighted by atomic mass is 10.1. The van der Waals surface area contributed by atoms with Gasteiger partial charge in [0, 0.05) is 24.7 Å².